The zero-order valence-electron chi connectivity index (χ0n) is 13.5. The molecule has 1 aliphatic rings. The molecule has 0 aliphatic carbocycles. The molecule has 0 aromatic heterocycles. The van der Waals surface area contributed by atoms with Crippen LogP contribution in [0.15, 0.2) is 12.1 Å². The van der Waals surface area contributed by atoms with Gasteiger partial charge in [-0.15, -0.1) is 0 Å². The molecule has 0 unspecified atom stereocenters. The molecule has 1 aromatic rings. The lowest BCUT2D eigenvalue weighted by molar-refractivity contribution is -0.137. The molecular weight excluding hydrogens is 310 g/mol. The van der Waals surface area contributed by atoms with Gasteiger partial charge in [0.1, 0.15) is 5.75 Å². The fourth-order valence-electron chi connectivity index (χ4n) is 2.25. The summed E-state index contributed by atoms with van der Waals surface area (Å²) >= 11 is 0. The minimum atomic E-state index is -4.65. The van der Waals surface area contributed by atoms with Crippen LogP contribution in [0.4, 0.5) is 13.2 Å². The van der Waals surface area contributed by atoms with Crippen molar-refractivity contribution in [2.24, 2.45) is 0 Å². The van der Waals surface area contributed by atoms with Crippen molar-refractivity contribution in [2.75, 3.05) is 7.11 Å². The Hall–Kier alpha value is -1.72. The van der Waals surface area contributed by atoms with Crippen molar-refractivity contribution in [3.63, 3.8) is 0 Å². The lowest BCUT2D eigenvalue weighted by Crippen LogP contribution is -2.41. The van der Waals surface area contributed by atoms with E-state index in [-0.39, 0.29) is 11.2 Å². The molecule has 8 heteroatoms. The number of nitrogens with zero attached hydrogens (tertiary/aromatic N) is 1. The number of methoxy groups -OCH3 is 1. The molecule has 1 aromatic carbocycles. The first kappa shape index (κ1) is 17.6. The highest BCUT2D eigenvalue weighted by atomic mass is 19.4. The maximum absolute atomic E-state index is 13.0. The Kier molecular flexibility index (Phi) is 4.16. The third kappa shape index (κ3) is 3.03. The van der Waals surface area contributed by atoms with Crippen LogP contribution in [0.1, 0.15) is 38.8 Å². The molecule has 0 amide bonds. The zero-order valence-corrected chi connectivity index (χ0v) is 13.5. The van der Waals surface area contributed by atoms with E-state index < -0.39 is 35.6 Å². The summed E-state index contributed by atoms with van der Waals surface area (Å²) in [6, 6.07) is 3.49. The van der Waals surface area contributed by atoms with Crippen molar-refractivity contribution in [1.82, 2.24) is 0 Å². The number of hydrogen-bond donors (Lipinski definition) is 0. The first-order chi connectivity index (χ1) is 10.4. The Labute approximate surface area is 133 Å². The van der Waals surface area contributed by atoms with Gasteiger partial charge in [-0.3, -0.25) is 0 Å². The van der Waals surface area contributed by atoms with Crippen LogP contribution in [0, 0.1) is 11.3 Å². The van der Waals surface area contributed by atoms with E-state index in [1.807, 2.05) is 27.7 Å². The highest BCUT2D eigenvalue weighted by Gasteiger charge is 2.53. The number of hydrogen-bond acceptors (Lipinski definition) is 4. The Morgan fingerprint density at radius 2 is 1.65 bits per heavy atom. The Morgan fingerprint density at radius 3 is 2.04 bits per heavy atom. The largest absolute Gasteiger partial charge is 0.498 e. The van der Waals surface area contributed by atoms with E-state index in [4.69, 9.17) is 19.3 Å². The maximum atomic E-state index is 13.0. The van der Waals surface area contributed by atoms with Crippen LogP contribution in [-0.4, -0.2) is 25.4 Å². The molecule has 0 radical (unpaired) electrons. The zero-order chi connectivity index (χ0) is 17.6. The van der Waals surface area contributed by atoms with E-state index in [0.717, 1.165) is 12.1 Å². The van der Waals surface area contributed by atoms with Crippen LogP contribution in [0.25, 0.3) is 0 Å². The lowest BCUT2D eigenvalue weighted by atomic mass is 9.76. The number of alkyl halides is 3. The van der Waals surface area contributed by atoms with E-state index in [9.17, 15) is 13.2 Å². The molecule has 1 heterocycles. The monoisotopic (exact) mass is 327 g/mol. The van der Waals surface area contributed by atoms with Crippen molar-refractivity contribution in [3.05, 3.63) is 23.3 Å². The number of rotatable bonds is 2. The summed E-state index contributed by atoms with van der Waals surface area (Å²) in [7, 11) is 0.348. The Balaban J connectivity index is 2.55. The van der Waals surface area contributed by atoms with Crippen LogP contribution < -0.4 is 10.2 Å². The molecular formula is C15H17BF3NO3. The third-order valence-corrected chi connectivity index (χ3v) is 4.30. The normalized spacial score (nSPS) is 19.5. The second-order valence-corrected chi connectivity index (χ2v) is 6.34. The fraction of sp³-hybridized carbons (Fsp3) is 0.533. The van der Waals surface area contributed by atoms with E-state index in [2.05, 4.69) is 0 Å². The van der Waals surface area contributed by atoms with E-state index >= 15 is 0 Å². The molecule has 4 nitrogen and oxygen atoms in total. The third-order valence-electron chi connectivity index (χ3n) is 4.30. The molecule has 2 rings (SSSR count). The van der Waals surface area contributed by atoms with Gasteiger partial charge >= 0.3 is 13.3 Å². The number of nitriles is 1. The number of halogens is 3. The molecule has 0 N–H and O–H groups in total. The highest BCUT2D eigenvalue weighted by Crippen LogP contribution is 2.38. The molecule has 1 fully saturated rings. The van der Waals surface area contributed by atoms with Crippen LogP contribution in [0.5, 0.6) is 5.75 Å². The van der Waals surface area contributed by atoms with Crippen molar-refractivity contribution in [3.8, 4) is 11.8 Å². The smallest absolute Gasteiger partial charge is 0.497 e. The van der Waals surface area contributed by atoms with Crippen molar-refractivity contribution >= 4 is 12.6 Å². The van der Waals surface area contributed by atoms with Crippen molar-refractivity contribution < 1.29 is 27.2 Å². The number of benzene rings is 1. The maximum Gasteiger partial charge on any atom is 0.498 e. The van der Waals surface area contributed by atoms with Gasteiger partial charge in [-0.1, -0.05) is 0 Å². The molecule has 0 saturated carbocycles. The van der Waals surface area contributed by atoms with E-state index in [1.54, 1.807) is 6.07 Å². The molecule has 124 valence electrons. The predicted octanol–water partition coefficient (Wildman–Crippen LogP) is 2.88. The van der Waals surface area contributed by atoms with Crippen LogP contribution in [-0.2, 0) is 15.5 Å². The molecule has 0 spiro atoms. The summed E-state index contributed by atoms with van der Waals surface area (Å²) in [5.74, 6) is -0.0326. The van der Waals surface area contributed by atoms with Gasteiger partial charge in [0.15, 0.2) is 0 Å². The molecule has 1 saturated heterocycles. The molecule has 0 atom stereocenters. The van der Waals surface area contributed by atoms with Gasteiger partial charge in [-0.2, -0.15) is 18.4 Å². The van der Waals surface area contributed by atoms with Crippen LogP contribution in [0.2, 0.25) is 0 Å². The summed E-state index contributed by atoms with van der Waals surface area (Å²) in [6.45, 7) is 7.31. The van der Waals surface area contributed by atoms with Gasteiger partial charge in [0.25, 0.3) is 0 Å². The first-order valence-electron chi connectivity index (χ1n) is 6.98. The first-order valence-corrected chi connectivity index (χ1v) is 6.98. The quantitative estimate of drug-likeness (QED) is 0.784. The minimum Gasteiger partial charge on any atom is -0.497 e. The second kappa shape index (κ2) is 5.43. The number of ether oxygens (including phenoxy) is 1. The summed E-state index contributed by atoms with van der Waals surface area (Å²) in [5.41, 5.74) is -2.59. The average molecular weight is 327 g/mol. The van der Waals surface area contributed by atoms with Gasteiger partial charge in [-0.05, 0) is 39.8 Å². The standard InChI is InChI=1S/C15H17BF3NO3/c1-13(2)14(3,4)23-16(22-13)11-6-9(8-20)10(15(17,18)19)7-12(11)21-5/h6-7H,1-5H3. The van der Waals surface area contributed by atoms with Crippen molar-refractivity contribution in [1.29, 1.82) is 5.26 Å². The fourth-order valence-corrected chi connectivity index (χ4v) is 2.25. The van der Waals surface area contributed by atoms with Gasteiger partial charge in [0, 0.05) is 5.46 Å². The van der Waals surface area contributed by atoms with E-state index in [1.165, 1.54) is 7.11 Å². The van der Waals surface area contributed by atoms with Gasteiger partial charge in [-0.25, -0.2) is 0 Å². The summed E-state index contributed by atoms with van der Waals surface area (Å²) in [6.07, 6.45) is -4.65. The molecule has 23 heavy (non-hydrogen) atoms. The van der Waals surface area contributed by atoms with Gasteiger partial charge in [0.05, 0.1) is 35.5 Å². The Morgan fingerprint density at radius 1 is 1.13 bits per heavy atom. The van der Waals surface area contributed by atoms with Crippen LogP contribution >= 0.6 is 0 Å². The highest BCUT2D eigenvalue weighted by molar-refractivity contribution is 6.63. The molecule has 0 bridgehead atoms. The predicted molar refractivity (Wildman–Crippen MR) is 78.4 cm³/mol. The van der Waals surface area contributed by atoms with E-state index in [0.29, 0.717) is 0 Å². The topological polar surface area (TPSA) is 51.5 Å². The summed E-state index contributed by atoms with van der Waals surface area (Å²) in [5, 5.41) is 9.05. The Bertz CT molecular complexity index is 649. The SMILES string of the molecule is COc1cc(C(F)(F)F)c(C#N)cc1B1OC(C)(C)C(C)(C)O1. The summed E-state index contributed by atoms with van der Waals surface area (Å²) < 4.78 is 55.8. The van der Waals surface area contributed by atoms with Gasteiger partial charge < -0.3 is 14.0 Å². The van der Waals surface area contributed by atoms with Crippen LogP contribution in [0.3, 0.4) is 0 Å². The minimum absolute atomic E-state index is 0.0326. The van der Waals surface area contributed by atoms with Gasteiger partial charge in [0.2, 0.25) is 0 Å². The lowest BCUT2D eigenvalue weighted by Gasteiger charge is -2.32. The summed E-state index contributed by atoms with van der Waals surface area (Å²) in [4.78, 5) is 0. The second-order valence-electron chi connectivity index (χ2n) is 6.34. The van der Waals surface area contributed by atoms with Crippen molar-refractivity contribution in [2.45, 2.75) is 45.1 Å². The molecule has 1 aliphatic heterocycles. The average Bonchev–Trinajstić information content (AvgIpc) is 2.64.